The van der Waals surface area contributed by atoms with Gasteiger partial charge in [-0.15, -0.1) is 11.3 Å². The van der Waals surface area contributed by atoms with Gasteiger partial charge >= 0.3 is 6.03 Å². The van der Waals surface area contributed by atoms with Crippen molar-refractivity contribution in [2.45, 2.75) is 20.8 Å². The maximum absolute atomic E-state index is 12.4. The van der Waals surface area contributed by atoms with E-state index in [1.165, 1.54) is 0 Å². The van der Waals surface area contributed by atoms with Gasteiger partial charge in [0.25, 0.3) is 5.91 Å². The molecule has 0 aliphatic carbocycles. The molecule has 4 amide bonds. The fraction of sp³-hybridized carbons (Fsp3) is 0.174. The lowest BCUT2D eigenvalue weighted by atomic mass is 10.1. The van der Waals surface area contributed by atoms with Gasteiger partial charge in [-0.3, -0.25) is 14.9 Å². The zero-order valence-electron chi connectivity index (χ0n) is 17.5. The van der Waals surface area contributed by atoms with Crippen LogP contribution in [0.15, 0.2) is 54.6 Å². The highest BCUT2D eigenvalue weighted by atomic mass is 32.1. The zero-order chi connectivity index (χ0) is 22.4. The van der Waals surface area contributed by atoms with Crippen LogP contribution in [0.5, 0.6) is 0 Å². The van der Waals surface area contributed by atoms with Gasteiger partial charge in [-0.25, -0.2) is 4.79 Å². The van der Waals surface area contributed by atoms with Crippen LogP contribution in [0, 0.1) is 20.8 Å². The van der Waals surface area contributed by atoms with E-state index in [0.717, 1.165) is 33.7 Å². The topological polar surface area (TPSA) is 99.3 Å². The number of hydrogen-bond donors (Lipinski definition) is 4. The van der Waals surface area contributed by atoms with Crippen LogP contribution >= 0.6 is 11.3 Å². The van der Waals surface area contributed by atoms with Crippen molar-refractivity contribution >= 4 is 45.6 Å². The first-order valence-electron chi connectivity index (χ1n) is 9.70. The Balaban J connectivity index is 1.50. The van der Waals surface area contributed by atoms with E-state index in [4.69, 9.17) is 0 Å². The molecule has 0 fully saturated rings. The average molecular weight is 437 g/mol. The minimum Gasteiger partial charge on any atom is -0.342 e. The van der Waals surface area contributed by atoms with Gasteiger partial charge in [0.15, 0.2) is 0 Å². The molecule has 1 aromatic heterocycles. The van der Waals surface area contributed by atoms with E-state index in [9.17, 15) is 14.4 Å². The molecule has 0 spiro atoms. The summed E-state index contributed by atoms with van der Waals surface area (Å²) in [6.45, 7) is 5.71. The molecule has 2 aromatic carbocycles. The van der Waals surface area contributed by atoms with E-state index < -0.39 is 6.03 Å². The Labute approximate surface area is 184 Å². The van der Waals surface area contributed by atoms with Gasteiger partial charge in [0.1, 0.15) is 0 Å². The zero-order valence-corrected chi connectivity index (χ0v) is 18.4. The number of benzene rings is 2. The summed E-state index contributed by atoms with van der Waals surface area (Å²) in [5.74, 6) is -0.686. The molecule has 8 heteroatoms. The van der Waals surface area contributed by atoms with Crippen molar-refractivity contribution in [1.29, 1.82) is 0 Å². The number of hydrogen-bond acceptors (Lipinski definition) is 4. The number of nitrogens with one attached hydrogen (secondary N) is 4. The van der Waals surface area contributed by atoms with Crippen LogP contribution in [-0.2, 0) is 4.79 Å². The third-order valence-electron chi connectivity index (χ3n) is 4.45. The molecule has 3 rings (SSSR count). The summed E-state index contributed by atoms with van der Waals surface area (Å²) in [4.78, 5) is 37.1. The highest BCUT2D eigenvalue weighted by molar-refractivity contribution is 7.18. The molecular weight excluding hydrogens is 412 g/mol. The highest BCUT2D eigenvalue weighted by Crippen LogP contribution is 2.23. The van der Waals surface area contributed by atoms with Crippen molar-refractivity contribution in [3.63, 3.8) is 0 Å². The van der Waals surface area contributed by atoms with Crippen LogP contribution < -0.4 is 21.3 Å². The highest BCUT2D eigenvalue weighted by Gasteiger charge is 2.13. The lowest BCUT2D eigenvalue weighted by molar-refractivity contribution is -0.115. The summed E-state index contributed by atoms with van der Waals surface area (Å²) < 4.78 is 0. The van der Waals surface area contributed by atoms with Crippen molar-refractivity contribution in [2.75, 3.05) is 22.5 Å². The van der Waals surface area contributed by atoms with Crippen LogP contribution in [0.2, 0.25) is 0 Å². The minimum atomic E-state index is -0.400. The number of urea groups is 1. The van der Waals surface area contributed by atoms with Crippen LogP contribution in [0.1, 0.15) is 26.4 Å². The minimum absolute atomic E-state index is 0.152. The third-order valence-corrected chi connectivity index (χ3v) is 5.45. The summed E-state index contributed by atoms with van der Waals surface area (Å²) in [5, 5.41) is 11.4. The molecule has 31 heavy (non-hydrogen) atoms. The van der Waals surface area contributed by atoms with Crippen LogP contribution in [-0.4, -0.2) is 24.4 Å². The van der Waals surface area contributed by atoms with Crippen molar-refractivity contribution < 1.29 is 14.4 Å². The predicted octanol–water partition coefficient (Wildman–Crippen LogP) is 4.69. The number of thiophene rings is 1. The summed E-state index contributed by atoms with van der Waals surface area (Å²) in [6.07, 6.45) is 0. The molecule has 0 unspecified atom stereocenters. The normalized spacial score (nSPS) is 10.3. The predicted molar refractivity (Wildman–Crippen MR) is 125 cm³/mol. The number of carbonyl (C=O) groups excluding carboxylic acids is 3. The second kappa shape index (κ2) is 9.90. The number of para-hydroxylation sites is 1. The first-order valence-corrected chi connectivity index (χ1v) is 10.5. The van der Waals surface area contributed by atoms with Crippen LogP contribution in [0.4, 0.5) is 21.2 Å². The van der Waals surface area contributed by atoms with E-state index in [1.54, 1.807) is 24.3 Å². The maximum atomic E-state index is 12.4. The fourth-order valence-electron chi connectivity index (χ4n) is 3.13. The first-order chi connectivity index (χ1) is 14.8. The molecule has 0 aliphatic heterocycles. The molecule has 160 valence electrons. The van der Waals surface area contributed by atoms with E-state index >= 15 is 0 Å². The Hall–Kier alpha value is -3.65. The second-order valence-electron chi connectivity index (χ2n) is 7.11. The van der Waals surface area contributed by atoms with Crippen molar-refractivity contribution in [3.8, 4) is 0 Å². The lowest BCUT2D eigenvalue weighted by Gasteiger charge is -2.13. The monoisotopic (exact) mass is 436 g/mol. The second-order valence-corrected chi connectivity index (χ2v) is 8.20. The van der Waals surface area contributed by atoms with E-state index in [0.29, 0.717) is 15.6 Å². The van der Waals surface area contributed by atoms with Gasteiger partial charge in [-0.05, 0) is 56.2 Å². The average Bonchev–Trinajstić information content (AvgIpc) is 3.18. The summed E-state index contributed by atoms with van der Waals surface area (Å²) in [5.41, 5.74) is 4.50. The van der Waals surface area contributed by atoms with E-state index in [2.05, 4.69) is 21.3 Å². The van der Waals surface area contributed by atoms with Crippen LogP contribution in [0.3, 0.4) is 0 Å². The molecule has 0 saturated heterocycles. The Bertz CT molecular complexity index is 1090. The smallest absolute Gasteiger partial charge is 0.324 e. The van der Waals surface area contributed by atoms with Gasteiger partial charge in [-0.1, -0.05) is 35.9 Å². The molecule has 0 aliphatic rings. The molecule has 0 atom stereocenters. The van der Waals surface area contributed by atoms with Crippen LogP contribution in [0.25, 0.3) is 0 Å². The summed E-state index contributed by atoms with van der Waals surface area (Å²) >= 11 is 1.13. The Kier molecular flexibility index (Phi) is 7.04. The number of aryl methyl sites for hydroxylation is 3. The number of carbonyl (C=O) groups is 3. The van der Waals surface area contributed by atoms with Crippen molar-refractivity contribution in [3.05, 3.63) is 76.2 Å². The fourth-order valence-corrected chi connectivity index (χ4v) is 3.95. The molecule has 3 aromatic rings. The Morgan fingerprint density at radius 2 is 1.52 bits per heavy atom. The molecule has 0 bridgehead atoms. The van der Waals surface area contributed by atoms with Gasteiger partial charge in [-0.2, -0.15) is 0 Å². The molecule has 4 N–H and O–H groups in total. The van der Waals surface area contributed by atoms with Gasteiger partial charge in [0.2, 0.25) is 5.91 Å². The molecule has 0 radical (unpaired) electrons. The Morgan fingerprint density at radius 3 is 2.19 bits per heavy atom. The number of amides is 4. The Morgan fingerprint density at radius 1 is 0.839 bits per heavy atom. The molecular formula is C23H24N4O3S. The largest absolute Gasteiger partial charge is 0.342 e. The summed E-state index contributed by atoms with van der Waals surface area (Å²) in [7, 11) is 0. The maximum Gasteiger partial charge on any atom is 0.324 e. The van der Waals surface area contributed by atoms with E-state index in [-0.39, 0.29) is 18.4 Å². The van der Waals surface area contributed by atoms with Crippen molar-refractivity contribution in [1.82, 2.24) is 5.32 Å². The van der Waals surface area contributed by atoms with E-state index in [1.807, 2.05) is 51.1 Å². The van der Waals surface area contributed by atoms with Gasteiger partial charge < -0.3 is 16.0 Å². The SMILES string of the molecule is Cc1cc(C)c(NC(=O)CNC(=O)c2ccc(NC(=O)Nc3ccccc3)s2)c(C)c1. The lowest BCUT2D eigenvalue weighted by Crippen LogP contribution is -2.32. The molecule has 0 saturated carbocycles. The standard InChI is InChI=1S/C23H24N4O3S/c1-14-11-15(2)21(16(3)12-14)26-19(28)13-24-22(29)18-9-10-20(31-18)27-23(30)25-17-7-5-4-6-8-17/h4-12H,13H2,1-3H3,(H,24,29)(H,26,28)(H2,25,27,30). The number of anilines is 3. The first kappa shape index (κ1) is 22.0. The third kappa shape index (κ3) is 6.16. The molecule has 1 heterocycles. The van der Waals surface area contributed by atoms with Gasteiger partial charge in [0, 0.05) is 11.4 Å². The van der Waals surface area contributed by atoms with Gasteiger partial charge in [0.05, 0.1) is 16.4 Å². The number of rotatable bonds is 6. The quantitative estimate of drug-likeness (QED) is 0.451. The summed E-state index contributed by atoms with van der Waals surface area (Å²) in [6, 6.07) is 15.9. The van der Waals surface area contributed by atoms with Crippen molar-refractivity contribution in [2.24, 2.45) is 0 Å². The molecule has 7 nitrogen and oxygen atoms in total.